The highest BCUT2D eigenvalue weighted by Gasteiger charge is 2.22. The number of nitrogens with zero attached hydrogens (tertiary/aromatic N) is 2. The van der Waals surface area contributed by atoms with Gasteiger partial charge in [-0.1, -0.05) is 6.07 Å². The molecule has 0 spiro atoms. The van der Waals surface area contributed by atoms with Crippen LogP contribution in [0.5, 0.6) is 5.75 Å². The Morgan fingerprint density at radius 1 is 1.15 bits per heavy atom. The minimum absolute atomic E-state index is 0.0796. The van der Waals surface area contributed by atoms with Gasteiger partial charge in [-0.15, -0.1) is 0 Å². The van der Waals surface area contributed by atoms with Crippen molar-refractivity contribution in [1.29, 1.82) is 0 Å². The average Bonchev–Trinajstić information content (AvgIpc) is 2.45. The minimum atomic E-state index is -0.803. The van der Waals surface area contributed by atoms with E-state index in [-0.39, 0.29) is 18.1 Å². The number of carbonyl (C=O) groups excluding carboxylic acids is 1. The van der Waals surface area contributed by atoms with E-state index in [0.29, 0.717) is 38.3 Å². The number of carboxylic acids is 1. The highest BCUT2D eigenvalue weighted by atomic mass is 16.4. The van der Waals surface area contributed by atoms with E-state index >= 15 is 0 Å². The first kappa shape index (κ1) is 14.3. The minimum Gasteiger partial charge on any atom is -0.508 e. The number of hydrogen-bond acceptors (Lipinski definition) is 4. The number of phenols is 1. The van der Waals surface area contributed by atoms with Crippen LogP contribution in [-0.4, -0.2) is 64.6 Å². The van der Waals surface area contributed by atoms with Crippen LogP contribution in [0.4, 0.5) is 0 Å². The molecule has 1 amide bonds. The van der Waals surface area contributed by atoms with Crippen LogP contribution in [0.2, 0.25) is 0 Å². The Bertz CT molecular complexity index is 496. The third kappa shape index (κ3) is 3.71. The third-order valence-electron chi connectivity index (χ3n) is 3.39. The molecule has 1 fully saturated rings. The van der Waals surface area contributed by atoms with Crippen molar-refractivity contribution in [3.05, 3.63) is 29.8 Å². The van der Waals surface area contributed by atoms with Crippen LogP contribution in [0.25, 0.3) is 0 Å². The number of benzene rings is 1. The van der Waals surface area contributed by atoms with E-state index in [1.54, 1.807) is 17.0 Å². The van der Waals surface area contributed by atoms with Crippen molar-refractivity contribution in [2.45, 2.75) is 6.42 Å². The van der Waals surface area contributed by atoms with Crippen LogP contribution >= 0.6 is 0 Å². The number of rotatable bonds is 4. The van der Waals surface area contributed by atoms with Crippen molar-refractivity contribution < 1.29 is 19.8 Å². The normalized spacial score (nSPS) is 16.1. The first-order chi connectivity index (χ1) is 9.56. The fourth-order valence-electron chi connectivity index (χ4n) is 2.25. The monoisotopic (exact) mass is 278 g/mol. The summed E-state index contributed by atoms with van der Waals surface area (Å²) in [6.07, 6.45) is 0.126. The molecule has 1 aliphatic heterocycles. The maximum Gasteiger partial charge on any atom is 0.304 e. The summed E-state index contributed by atoms with van der Waals surface area (Å²) in [7, 11) is 0. The largest absolute Gasteiger partial charge is 0.508 e. The summed E-state index contributed by atoms with van der Waals surface area (Å²) in [5.74, 6) is -0.821. The van der Waals surface area contributed by atoms with Gasteiger partial charge >= 0.3 is 5.97 Å². The molecule has 0 radical (unpaired) electrons. The fourth-order valence-corrected chi connectivity index (χ4v) is 2.25. The highest BCUT2D eigenvalue weighted by Crippen LogP contribution is 2.14. The lowest BCUT2D eigenvalue weighted by molar-refractivity contribution is -0.137. The molecule has 2 N–H and O–H groups in total. The molecule has 1 heterocycles. The molecule has 20 heavy (non-hydrogen) atoms. The van der Waals surface area contributed by atoms with Crippen LogP contribution in [-0.2, 0) is 4.79 Å². The summed E-state index contributed by atoms with van der Waals surface area (Å²) in [6.45, 7) is 3.03. The lowest BCUT2D eigenvalue weighted by Crippen LogP contribution is -2.49. The molecule has 0 aromatic heterocycles. The van der Waals surface area contributed by atoms with Gasteiger partial charge in [-0.05, 0) is 18.2 Å². The summed E-state index contributed by atoms with van der Waals surface area (Å²) in [6, 6.07) is 6.31. The van der Waals surface area contributed by atoms with Gasteiger partial charge in [-0.3, -0.25) is 14.5 Å². The standard InChI is InChI=1S/C14H18N2O4/c17-12-3-1-2-11(10-12)14(20)16-8-6-15(7-9-16)5-4-13(18)19/h1-3,10,17H,4-9H2,(H,18,19). The predicted molar refractivity (Wildman–Crippen MR) is 72.7 cm³/mol. The SMILES string of the molecule is O=C(O)CCN1CCN(C(=O)c2cccc(O)c2)CC1. The predicted octanol–water partition coefficient (Wildman–Crippen LogP) is 0.625. The Hall–Kier alpha value is -2.08. The number of phenolic OH excluding ortho intramolecular Hbond substituents is 1. The van der Waals surface area contributed by atoms with Gasteiger partial charge in [-0.2, -0.15) is 0 Å². The zero-order valence-corrected chi connectivity index (χ0v) is 11.2. The maximum atomic E-state index is 12.2. The number of amides is 1. The van der Waals surface area contributed by atoms with Gasteiger partial charge in [0, 0.05) is 38.3 Å². The molecular formula is C14H18N2O4. The van der Waals surface area contributed by atoms with Crippen LogP contribution < -0.4 is 0 Å². The van der Waals surface area contributed by atoms with Crippen LogP contribution in [0.15, 0.2) is 24.3 Å². The summed E-state index contributed by atoms with van der Waals surface area (Å²) in [4.78, 5) is 26.5. The Balaban J connectivity index is 1.87. The van der Waals surface area contributed by atoms with Crippen LogP contribution in [0.1, 0.15) is 16.8 Å². The van der Waals surface area contributed by atoms with Crippen molar-refractivity contribution in [2.24, 2.45) is 0 Å². The topological polar surface area (TPSA) is 81.1 Å². The summed E-state index contributed by atoms with van der Waals surface area (Å²) < 4.78 is 0. The molecule has 6 nitrogen and oxygen atoms in total. The maximum absolute atomic E-state index is 12.2. The molecular weight excluding hydrogens is 260 g/mol. The van der Waals surface area contributed by atoms with Gasteiger partial charge in [0.05, 0.1) is 6.42 Å². The number of piperazine rings is 1. The lowest BCUT2D eigenvalue weighted by atomic mass is 10.1. The number of aromatic hydroxyl groups is 1. The Morgan fingerprint density at radius 3 is 2.45 bits per heavy atom. The van der Waals surface area contributed by atoms with Gasteiger partial charge in [0.2, 0.25) is 0 Å². The highest BCUT2D eigenvalue weighted by molar-refractivity contribution is 5.94. The summed E-state index contributed by atoms with van der Waals surface area (Å²) in [5.41, 5.74) is 0.476. The van der Waals surface area contributed by atoms with Crippen molar-refractivity contribution in [3.8, 4) is 5.75 Å². The van der Waals surface area contributed by atoms with E-state index in [1.165, 1.54) is 12.1 Å². The molecule has 0 unspecified atom stereocenters. The first-order valence-electron chi connectivity index (χ1n) is 6.59. The van der Waals surface area contributed by atoms with Crippen molar-refractivity contribution in [3.63, 3.8) is 0 Å². The van der Waals surface area contributed by atoms with Gasteiger partial charge in [0.25, 0.3) is 5.91 Å². The Morgan fingerprint density at radius 2 is 1.85 bits per heavy atom. The summed E-state index contributed by atoms with van der Waals surface area (Å²) >= 11 is 0. The van der Waals surface area contributed by atoms with E-state index in [4.69, 9.17) is 5.11 Å². The molecule has 0 bridgehead atoms. The van der Waals surface area contributed by atoms with E-state index in [2.05, 4.69) is 0 Å². The molecule has 1 aromatic rings. The van der Waals surface area contributed by atoms with Crippen LogP contribution in [0.3, 0.4) is 0 Å². The zero-order valence-electron chi connectivity index (χ0n) is 11.2. The fraction of sp³-hybridized carbons (Fsp3) is 0.429. The lowest BCUT2D eigenvalue weighted by Gasteiger charge is -2.34. The van der Waals surface area contributed by atoms with Gasteiger partial charge in [-0.25, -0.2) is 0 Å². The van der Waals surface area contributed by atoms with E-state index in [1.807, 2.05) is 4.90 Å². The zero-order chi connectivity index (χ0) is 14.5. The molecule has 0 saturated carbocycles. The molecule has 1 aliphatic rings. The van der Waals surface area contributed by atoms with E-state index in [0.717, 1.165) is 0 Å². The van der Waals surface area contributed by atoms with Crippen molar-refractivity contribution >= 4 is 11.9 Å². The van der Waals surface area contributed by atoms with Crippen molar-refractivity contribution in [2.75, 3.05) is 32.7 Å². The number of carbonyl (C=O) groups is 2. The van der Waals surface area contributed by atoms with Crippen LogP contribution in [0, 0.1) is 0 Å². The van der Waals surface area contributed by atoms with Gasteiger partial charge in [0.15, 0.2) is 0 Å². The second kappa shape index (κ2) is 6.38. The number of aliphatic carboxylic acids is 1. The van der Waals surface area contributed by atoms with Gasteiger partial charge < -0.3 is 15.1 Å². The molecule has 1 aromatic carbocycles. The van der Waals surface area contributed by atoms with E-state index < -0.39 is 5.97 Å². The first-order valence-corrected chi connectivity index (χ1v) is 6.59. The third-order valence-corrected chi connectivity index (χ3v) is 3.39. The Labute approximate surface area is 117 Å². The van der Waals surface area contributed by atoms with E-state index in [9.17, 15) is 14.7 Å². The van der Waals surface area contributed by atoms with Crippen molar-refractivity contribution in [1.82, 2.24) is 9.80 Å². The summed E-state index contributed by atoms with van der Waals surface area (Å²) in [5, 5.41) is 18.0. The molecule has 108 valence electrons. The number of hydrogen-bond donors (Lipinski definition) is 2. The quantitative estimate of drug-likeness (QED) is 0.844. The molecule has 0 atom stereocenters. The second-order valence-electron chi connectivity index (χ2n) is 4.83. The smallest absolute Gasteiger partial charge is 0.304 e. The molecule has 0 aliphatic carbocycles. The molecule has 1 saturated heterocycles. The van der Waals surface area contributed by atoms with Gasteiger partial charge in [0.1, 0.15) is 5.75 Å². The molecule has 6 heteroatoms. The molecule has 2 rings (SSSR count). The number of carboxylic acid groups (broad SMARTS) is 1. The second-order valence-corrected chi connectivity index (χ2v) is 4.83. The Kier molecular flexibility index (Phi) is 4.57. The average molecular weight is 278 g/mol.